The van der Waals surface area contributed by atoms with Crippen molar-refractivity contribution in [2.75, 3.05) is 9.80 Å². The van der Waals surface area contributed by atoms with E-state index in [4.69, 9.17) is 0 Å². The van der Waals surface area contributed by atoms with Crippen molar-refractivity contribution in [1.82, 2.24) is 0 Å². The molecule has 0 N–H and O–H groups in total. The van der Waals surface area contributed by atoms with Crippen molar-refractivity contribution in [2.24, 2.45) is 0 Å². The second kappa shape index (κ2) is 18.5. The third-order valence-corrected chi connectivity index (χ3v) is 16.8. The number of anilines is 6. The van der Waals surface area contributed by atoms with Crippen LogP contribution in [0.25, 0.3) is 66.1 Å². The smallest absolute Gasteiger partial charge is 0.249 e. The minimum atomic E-state index is -0.124. The van der Waals surface area contributed by atoms with E-state index in [1.165, 1.54) is 115 Å². The van der Waals surface area contributed by atoms with E-state index in [0.29, 0.717) is 0 Å². The lowest BCUT2D eigenvalue weighted by Crippen LogP contribution is -2.60. The van der Waals surface area contributed by atoms with E-state index in [0.717, 1.165) is 17.1 Å². The van der Waals surface area contributed by atoms with Gasteiger partial charge in [-0.05, 0) is 115 Å². The highest BCUT2D eigenvalue weighted by atomic mass is 32.2. The van der Waals surface area contributed by atoms with E-state index in [-0.39, 0.29) is 12.1 Å². The molecule has 0 atom stereocenters. The van der Waals surface area contributed by atoms with E-state index < -0.39 is 0 Å². The van der Waals surface area contributed by atoms with E-state index in [2.05, 4.69) is 297 Å². The average molecular weight is 989 g/mol. The summed E-state index contributed by atoms with van der Waals surface area (Å²) in [5.74, 6) is 0. The number of hydrogen-bond donors (Lipinski definition) is 0. The van der Waals surface area contributed by atoms with E-state index in [9.17, 15) is 0 Å². The Morgan fingerprint density at radius 1 is 0.382 bits per heavy atom. The molecule has 0 aromatic heterocycles. The maximum Gasteiger partial charge on any atom is 0.249 e. The zero-order valence-electron chi connectivity index (χ0n) is 42.8. The van der Waals surface area contributed by atoms with E-state index >= 15 is 0 Å². The van der Waals surface area contributed by atoms with Crippen LogP contribution < -0.4 is 26.2 Å². The van der Waals surface area contributed by atoms with Gasteiger partial charge >= 0.3 is 0 Å². The molecular weight excluding hydrogens is 936 g/mol. The number of para-hydroxylation sites is 3. The van der Waals surface area contributed by atoms with E-state index in [1.54, 1.807) is 0 Å². The molecule has 12 aromatic rings. The summed E-state index contributed by atoms with van der Waals surface area (Å²) in [5.41, 5.74) is 21.7. The van der Waals surface area contributed by atoms with Crippen LogP contribution in [0.2, 0.25) is 0 Å². The fourth-order valence-electron chi connectivity index (χ4n) is 12.1. The lowest BCUT2D eigenvalue weighted by atomic mass is 9.34. The summed E-state index contributed by atoms with van der Waals surface area (Å²) in [6, 6.07) is 99.2. The maximum absolute atomic E-state index is 2.67. The summed E-state index contributed by atoms with van der Waals surface area (Å²) in [5, 5.41) is 4.79. The van der Waals surface area contributed by atoms with Crippen LogP contribution in [0.4, 0.5) is 34.1 Å². The first-order chi connectivity index (χ1) is 37.4. The lowest BCUT2D eigenvalue weighted by molar-refractivity contribution is 0.589. The van der Waals surface area contributed by atoms with Crippen LogP contribution in [0.5, 0.6) is 0 Å². The zero-order chi connectivity index (χ0) is 50.9. The Bertz CT molecular complexity index is 4020. The van der Waals surface area contributed by atoms with Crippen molar-refractivity contribution in [1.29, 1.82) is 0 Å². The molecule has 0 aliphatic carbocycles. The Hall–Kier alpha value is -8.83. The number of rotatable bonds is 8. The van der Waals surface area contributed by atoms with Crippen LogP contribution in [0.15, 0.2) is 277 Å². The zero-order valence-corrected chi connectivity index (χ0v) is 43.6. The minimum Gasteiger partial charge on any atom is -0.310 e. The summed E-state index contributed by atoms with van der Waals surface area (Å²) in [7, 11) is 0. The van der Waals surface area contributed by atoms with Gasteiger partial charge < -0.3 is 9.80 Å². The highest BCUT2D eigenvalue weighted by Gasteiger charge is 2.43. The number of benzene rings is 12. The fourth-order valence-corrected chi connectivity index (χ4v) is 13.3. The summed E-state index contributed by atoms with van der Waals surface area (Å²) in [6.45, 7) is 7.05. The maximum atomic E-state index is 2.67. The van der Waals surface area contributed by atoms with Crippen molar-refractivity contribution >= 4 is 90.5 Å². The SMILES string of the molecule is CC(C)(C)c1cc2c3c(c1)N(c1c(-c4ccccc4)cccc1-c1ccccc1)c1cc(-c4c5ccccc5c(N(c5ccccc5)c5ccccc5)c5ccccc45)ccc1B3c1cc(-c3ccccc3)ccc1S2. The molecule has 2 nitrogen and oxygen atoms in total. The topological polar surface area (TPSA) is 6.48 Å². The Labute approximate surface area is 450 Å². The molecule has 2 aliphatic heterocycles. The van der Waals surface area contributed by atoms with Gasteiger partial charge in [-0.3, -0.25) is 0 Å². The highest BCUT2D eigenvalue weighted by Crippen LogP contribution is 2.53. The van der Waals surface area contributed by atoms with Gasteiger partial charge in [0.25, 0.3) is 0 Å². The van der Waals surface area contributed by atoms with Crippen LogP contribution >= 0.6 is 11.8 Å². The van der Waals surface area contributed by atoms with Crippen molar-refractivity contribution in [3.05, 3.63) is 272 Å². The summed E-state index contributed by atoms with van der Waals surface area (Å²) >= 11 is 1.93. The molecule has 12 aromatic carbocycles. The summed E-state index contributed by atoms with van der Waals surface area (Å²) in [4.78, 5) is 7.74. The van der Waals surface area contributed by atoms with Gasteiger partial charge in [0.15, 0.2) is 0 Å². The van der Waals surface area contributed by atoms with Crippen LogP contribution in [0.1, 0.15) is 26.3 Å². The lowest BCUT2D eigenvalue weighted by Gasteiger charge is -2.43. The second-order valence-corrected chi connectivity index (χ2v) is 22.3. The van der Waals surface area contributed by atoms with Crippen molar-refractivity contribution in [3.63, 3.8) is 0 Å². The minimum absolute atomic E-state index is 0.0236. The van der Waals surface area contributed by atoms with Gasteiger partial charge in [0.2, 0.25) is 6.71 Å². The van der Waals surface area contributed by atoms with Crippen molar-refractivity contribution < 1.29 is 0 Å². The third-order valence-electron chi connectivity index (χ3n) is 15.6. The van der Waals surface area contributed by atoms with Gasteiger partial charge in [-0.25, -0.2) is 0 Å². The molecule has 360 valence electrons. The fraction of sp³-hybridized carbons (Fsp3) is 0.0556. The Balaban J connectivity index is 1.10. The molecule has 0 bridgehead atoms. The molecule has 4 heteroatoms. The third kappa shape index (κ3) is 7.66. The molecule has 2 aliphatic rings. The largest absolute Gasteiger partial charge is 0.310 e. The number of hydrogen-bond acceptors (Lipinski definition) is 3. The molecule has 0 amide bonds. The van der Waals surface area contributed by atoms with E-state index in [1.807, 2.05) is 11.8 Å². The first-order valence-electron chi connectivity index (χ1n) is 26.4. The Morgan fingerprint density at radius 2 is 0.882 bits per heavy atom. The molecule has 76 heavy (non-hydrogen) atoms. The molecule has 0 fully saturated rings. The molecule has 0 radical (unpaired) electrons. The van der Waals surface area contributed by atoms with Gasteiger partial charge in [-0.1, -0.05) is 256 Å². The first kappa shape index (κ1) is 45.8. The number of nitrogens with zero attached hydrogens (tertiary/aromatic N) is 2. The summed E-state index contributed by atoms with van der Waals surface area (Å²) in [6.07, 6.45) is 0. The second-order valence-electron chi connectivity index (χ2n) is 21.2. The molecule has 0 saturated heterocycles. The van der Waals surface area contributed by atoms with Crippen LogP contribution in [0.3, 0.4) is 0 Å². The van der Waals surface area contributed by atoms with Crippen LogP contribution in [-0.4, -0.2) is 6.71 Å². The molecule has 2 heterocycles. The molecule has 0 spiro atoms. The van der Waals surface area contributed by atoms with Gasteiger partial charge in [0.05, 0.1) is 11.4 Å². The van der Waals surface area contributed by atoms with Gasteiger partial charge in [-0.2, -0.15) is 0 Å². The molecular formula is C72H53BN2S. The van der Waals surface area contributed by atoms with Gasteiger partial charge in [-0.15, -0.1) is 0 Å². The predicted octanol–water partition coefficient (Wildman–Crippen LogP) is 18.2. The molecule has 14 rings (SSSR count). The highest BCUT2D eigenvalue weighted by molar-refractivity contribution is 8.00. The average Bonchev–Trinajstić information content (AvgIpc) is 3.67. The Morgan fingerprint density at radius 3 is 1.43 bits per heavy atom. The molecule has 0 saturated carbocycles. The molecule has 0 unspecified atom stereocenters. The monoisotopic (exact) mass is 988 g/mol. The van der Waals surface area contributed by atoms with Crippen LogP contribution in [0, 0.1) is 0 Å². The number of fused-ring (bicyclic) bond motifs is 6. The van der Waals surface area contributed by atoms with Crippen LogP contribution in [-0.2, 0) is 5.41 Å². The summed E-state index contributed by atoms with van der Waals surface area (Å²) < 4.78 is 0. The van der Waals surface area contributed by atoms with Gasteiger partial charge in [0.1, 0.15) is 0 Å². The normalized spacial score (nSPS) is 12.6. The Kier molecular flexibility index (Phi) is 11.2. The standard InChI is InChI=1S/C72H53BN2S/c1-72(2,3)53-46-65-69-67(47-53)76-66-43-41-51(48-24-9-4-10-25-48)44-63(66)73(69)62-42-40-52(45-64(62)75(65)70-56(49-26-11-5-12-27-49)38-23-39-57(70)50-28-13-6-14-29-50)68-58-34-19-21-36-60(58)71(61-37-22-20-35-59(61)68)74(54-30-15-7-16-31-54)55-32-17-8-18-33-55/h4-47H,1-3H3. The van der Waals surface area contributed by atoms with Crippen molar-refractivity contribution in [2.45, 2.75) is 36.0 Å². The predicted molar refractivity (Wildman–Crippen MR) is 326 cm³/mol. The quantitative estimate of drug-likeness (QED) is 0.111. The van der Waals surface area contributed by atoms with Crippen molar-refractivity contribution in [3.8, 4) is 44.5 Å². The van der Waals surface area contributed by atoms with Gasteiger partial charge in [0, 0.05) is 54.4 Å². The first-order valence-corrected chi connectivity index (χ1v) is 27.3.